The monoisotopic (exact) mass is 365 g/mol. The van der Waals surface area contributed by atoms with Crippen LogP contribution in [-0.2, 0) is 11.2 Å². The molecule has 0 saturated heterocycles. The van der Waals surface area contributed by atoms with E-state index in [0.717, 1.165) is 22.8 Å². The van der Waals surface area contributed by atoms with Crippen LogP contribution in [0.15, 0.2) is 47.6 Å². The zero-order valence-electron chi connectivity index (χ0n) is 11.8. The number of imidazole rings is 1. The standard InChI is InChI=1S/C16H12Cl2N2O2S/c17-10-5-6-11(18)9(7-10)8-14(15(21)22)23-16-19-12-3-1-2-4-13(12)20-16/h1-7,14H,8H2,(H,19,20)(H,21,22)/p-1/t14-/m0/s1. The van der Waals surface area contributed by atoms with Crippen molar-refractivity contribution in [1.29, 1.82) is 0 Å². The molecule has 4 nitrogen and oxygen atoms in total. The van der Waals surface area contributed by atoms with Gasteiger partial charge in [0.05, 0.1) is 22.3 Å². The van der Waals surface area contributed by atoms with Crippen LogP contribution in [0.2, 0.25) is 10.0 Å². The fraction of sp³-hybridized carbons (Fsp3) is 0.125. The molecule has 0 bridgehead atoms. The summed E-state index contributed by atoms with van der Waals surface area (Å²) in [4.78, 5) is 18.9. The Morgan fingerprint density at radius 1 is 1.26 bits per heavy atom. The Hall–Kier alpha value is -1.69. The number of halogens is 2. The van der Waals surface area contributed by atoms with Gasteiger partial charge in [-0.1, -0.05) is 47.1 Å². The molecule has 1 aromatic heterocycles. The molecule has 3 aromatic rings. The summed E-state index contributed by atoms with van der Waals surface area (Å²) in [5, 5.41) is 12.2. The van der Waals surface area contributed by atoms with E-state index in [1.54, 1.807) is 18.2 Å². The minimum atomic E-state index is -1.17. The van der Waals surface area contributed by atoms with E-state index >= 15 is 0 Å². The molecule has 0 unspecified atom stereocenters. The summed E-state index contributed by atoms with van der Waals surface area (Å²) < 4.78 is 0. The highest BCUT2D eigenvalue weighted by Crippen LogP contribution is 2.29. The quantitative estimate of drug-likeness (QED) is 0.704. The average molecular weight is 366 g/mol. The smallest absolute Gasteiger partial charge is 0.167 e. The molecule has 1 N–H and O–H groups in total. The molecule has 0 aliphatic heterocycles. The molecule has 7 heteroatoms. The van der Waals surface area contributed by atoms with E-state index in [-0.39, 0.29) is 6.42 Å². The number of aromatic nitrogens is 2. The first-order chi connectivity index (χ1) is 11.0. The number of rotatable bonds is 5. The van der Waals surface area contributed by atoms with Crippen molar-refractivity contribution in [1.82, 2.24) is 9.97 Å². The van der Waals surface area contributed by atoms with Crippen molar-refractivity contribution < 1.29 is 9.90 Å². The number of fused-ring (bicyclic) bond motifs is 1. The average Bonchev–Trinajstić information content (AvgIpc) is 2.92. The van der Waals surface area contributed by atoms with E-state index in [4.69, 9.17) is 23.2 Å². The first kappa shape index (κ1) is 16.2. The van der Waals surface area contributed by atoms with Gasteiger partial charge >= 0.3 is 0 Å². The van der Waals surface area contributed by atoms with Gasteiger partial charge in [-0.2, -0.15) is 0 Å². The maximum absolute atomic E-state index is 11.5. The lowest BCUT2D eigenvalue weighted by Gasteiger charge is -2.17. The Morgan fingerprint density at radius 2 is 2.04 bits per heavy atom. The number of thioether (sulfide) groups is 1. The van der Waals surface area contributed by atoms with Gasteiger partial charge in [0.15, 0.2) is 5.16 Å². The van der Waals surface area contributed by atoms with Gasteiger partial charge in [0.1, 0.15) is 0 Å². The molecule has 118 valence electrons. The maximum Gasteiger partial charge on any atom is 0.167 e. The van der Waals surface area contributed by atoms with Crippen LogP contribution in [-0.4, -0.2) is 21.2 Å². The Balaban J connectivity index is 1.84. The predicted molar refractivity (Wildman–Crippen MR) is 90.9 cm³/mol. The van der Waals surface area contributed by atoms with E-state index in [1.165, 1.54) is 0 Å². The Labute approximate surface area is 146 Å². The number of carboxylic acids is 1. The number of carbonyl (C=O) groups excluding carboxylic acids is 1. The number of benzene rings is 2. The van der Waals surface area contributed by atoms with Crippen LogP contribution in [0.4, 0.5) is 0 Å². The number of para-hydroxylation sites is 2. The molecule has 3 rings (SSSR count). The van der Waals surface area contributed by atoms with Crippen LogP contribution in [0, 0.1) is 0 Å². The fourth-order valence-corrected chi connectivity index (χ4v) is 3.53. The van der Waals surface area contributed by atoms with Crippen LogP contribution in [0.1, 0.15) is 5.56 Å². The van der Waals surface area contributed by atoms with Crippen molar-refractivity contribution in [3.63, 3.8) is 0 Å². The number of hydrogen-bond acceptors (Lipinski definition) is 4. The molecule has 0 aliphatic carbocycles. The molecule has 2 aromatic carbocycles. The van der Waals surface area contributed by atoms with Crippen molar-refractivity contribution in [2.24, 2.45) is 0 Å². The third-order valence-corrected chi connectivity index (χ3v) is 4.96. The van der Waals surface area contributed by atoms with Gasteiger partial charge < -0.3 is 14.9 Å². The number of carbonyl (C=O) groups is 1. The number of aromatic amines is 1. The lowest BCUT2D eigenvalue weighted by Crippen LogP contribution is -2.35. The minimum Gasteiger partial charge on any atom is -0.549 e. The third-order valence-electron chi connectivity index (χ3n) is 3.30. The second-order valence-corrected chi connectivity index (χ2v) is 6.96. The van der Waals surface area contributed by atoms with Crippen molar-refractivity contribution in [3.8, 4) is 0 Å². The van der Waals surface area contributed by atoms with Gasteiger partial charge in [0, 0.05) is 10.0 Å². The molecular weight excluding hydrogens is 355 g/mol. The van der Waals surface area contributed by atoms with Gasteiger partial charge in [0.2, 0.25) is 0 Å². The van der Waals surface area contributed by atoms with Gasteiger partial charge in [-0.05, 0) is 42.3 Å². The SMILES string of the molecule is O=C([O-])[C@H](Cc1cc(Cl)ccc1Cl)Sc1nc2ccccc2[nH]1. The number of H-pyrrole nitrogens is 1. The van der Waals surface area contributed by atoms with E-state index in [9.17, 15) is 9.90 Å². The molecule has 1 heterocycles. The van der Waals surface area contributed by atoms with E-state index in [0.29, 0.717) is 20.8 Å². The van der Waals surface area contributed by atoms with Gasteiger partial charge in [0.25, 0.3) is 0 Å². The number of aliphatic carboxylic acids is 1. The zero-order valence-corrected chi connectivity index (χ0v) is 14.1. The summed E-state index contributed by atoms with van der Waals surface area (Å²) in [6.45, 7) is 0. The zero-order chi connectivity index (χ0) is 16.4. The molecule has 0 spiro atoms. The summed E-state index contributed by atoms with van der Waals surface area (Å²) in [5.74, 6) is -1.17. The Kier molecular flexibility index (Phi) is 4.80. The molecule has 1 atom stereocenters. The largest absolute Gasteiger partial charge is 0.549 e. The highest BCUT2D eigenvalue weighted by Gasteiger charge is 2.17. The molecule has 0 aliphatic rings. The summed E-state index contributed by atoms with van der Waals surface area (Å²) in [6, 6.07) is 12.5. The fourth-order valence-electron chi connectivity index (χ4n) is 2.19. The van der Waals surface area contributed by atoms with E-state index < -0.39 is 11.2 Å². The number of hydrogen-bond donors (Lipinski definition) is 1. The van der Waals surface area contributed by atoms with Crippen LogP contribution in [0.3, 0.4) is 0 Å². The summed E-state index contributed by atoms with van der Waals surface area (Å²) in [6.07, 6.45) is 0.198. The van der Waals surface area contributed by atoms with Crippen molar-refractivity contribution in [2.75, 3.05) is 0 Å². The Morgan fingerprint density at radius 3 is 2.78 bits per heavy atom. The predicted octanol–water partition coefficient (Wildman–Crippen LogP) is 3.32. The van der Waals surface area contributed by atoms with Crippen LogP contribution in [0.25, 0.3) is 11.0 Å². The van der Waals surface area contributed by atoms with Crippen LogP contribution < -0.4 is 5.11 Å². The summed E-state index contributed by atoms with van der Waals surface area (Å²) in [5.41, 5.74) is 2.30. The maximum atomic E-state index is 11.5. The van der Waals surface area contributed by atoms with E-state index in [1.807, 2.05) is 24.3 Å². The lowest BCUT2D eigenvalue weighted by atomic mass is 10.1. The second kappa shape index (κ2) is 6.83. The Bertz CT molecular complexity index is 833. The first-order valence-corrected chi connectivity index (χ1v) is 8.42. The van der Waals surface area contributed by atoms with Crippen LogP contribution >= 0.6 is 35.0 Å². The molecule has 0 fully saturated rings. The molecular formula is C16H11Cl2N2O2S-. The van der Waals surface area contributed by atoms with Crippen molar-refractivity contribution >= 4 is 52.0 Å². The molecule has 0 amide bonds. The second-order valence-electron chi connectivity index (χ2n) is 4.92. The van der Waals surface area contributed by atoms with Crippen molar-refractivity contribution in [2.45, 2.75) is 16.8 Å². The lowest BCUT2D eigenvalue weighted by molar-refractivity contribution is -0.304. The number of carboxylic acid groups (broad SMARTS) is 1. The topological polar surface area (TPSA) is 68.8 Å². The third kappa shape index (κ3) is 3.80. The summed E-state index contributed by atoms with van der Waals surface area (Å²) in [7, 11) is 0. The summed E-state index contributed by atoms with van der Waals surface area (Å²) >= 11 is 13.2. The number of nitrogens with one attached hydrogen (secondary N) is 1. The molecule has 0 radical (unpaired) electrons. The van der Waals surface area contributed by atoms with Crippen LogP contribution in [0.5, 0.6) is 0 Å². The van der Waals surface area contributed by atoms with E-state index in [2.05, 4.69) is 9.97 Å². The van der Waals surface area contributed by atoms with Gasteiger partial charge in [-0.3, -0.25) is 0 Å². The normalized spacial score (nSPS) is 12.4. The van der Waals surface area contributed by atoms with Crippen molar-refractivity contribution in [3.05, 3.63) is 58.1 Å². The first-order valence-electron chi connectivity index (χ1n) is 6.79. The number of nitrogens with zero attached hydrogens (tertiary/aromatic N) is 1. The highest BCUT2D eigenvalue weighted by molar-refractivity contribution is 8.00. The minimum absolute atomic E-state index is 0.198. The highest BCUT2D eigenvalue weighted by atomic mass is 35.5. The molecule has 0 saturated carbocycles. The van der Waals surface area contributed by atoms with Gasteiger partial charge in [-0.15, -0.1) is 0 Å². The van der Waals surface area contributed by atoms with Gasteiger partial charge in [-0.25, -0.2) is 4.98 Å². The molecule has 23 heavy (non-hydrogen) atoms.